The minimum atomic E-state index is -0.403. The van der Waals surface area contributed by atoms with Gasteiger partial charge in [0, 0.05) is 37.2 Å². The van der Waals surface area contributed by atoms with Crippen molar-refractivity contribution in [3.05, 3.63) is 65.4 Å². The number of likely N-dealkylation sites (tertiary alicyclic amines) is 1. The molecule has 0 atom stereocenters. The number of aliphatic hydroxyl groups is 1. The molecule has 0 saturated carbocycles. The number of aliphatic hydroxyl groups excluding tert-OH is 1. The summed E-state index contributed by atoms with van der Waals surface area (Å²) < 4.78 is 7.19. The molecule has 3 aromatic rings. The normalized spacial score (nSPS) is 14.4. The SMILES string of the molecule is COc1ccc(-n2nc(C3CCN(C(=O)N(C)O)CC3)c(CO)c2-c2ccc(C)cc2)cc1. The van der Waals surface area contributed by atoms with Crippen molar-refractivity contribution in [1.82, 2.24) is 19.7 Å². The molecule has 0 unspecified atom stereocenters. The fraction of sp³-hybridized carbons (Fsp3) is 0.360. The molecule has 0 aliphatic carbocycles. The molecule has 174 valence electrons. The van der Waals surface area contributed by atoms with E-state index in [2.05, 4.69) is 12.1 Å². The number of hydrogen-bond acceptors (Lipinski definition) is 5. The fourth-order valence-corrected chi connectivity index (χ4v) is 4.42. The topological polar surface area (TPSA) is 91.1 Å². The highest BCUT2D eigenvalue weighted by Gasteiger charge is 2.30. The summed E-state index contributed by atoms with van der Waals surface area (Å²) >= 11 is 0. The van der Waals surface area contributed by atoms with E-state index in [0.29, 0.717) is 31.0 Å². The van der Waals surface area contributed by atoms with Gasteiger partial charge in [0.15, 0.2) is 0 Å². The number of rotatable bonds is 5. The summed E-state index contributed by atoms with van der Waals surface area (Å²) in [5.74, 6) is 0.861. The Kier molecular flexibility index (Phi) is 6.67. The summed E-state index contributed by atoms with van der Waals surface area (Å²) in [4.78, 5) is 13.7. The smallest absolute Gasteiger partial charge is 0.343 e. The van der Waals surface area contributed by atoms with Gasteiger partial charge < -0.3 is 14.7 Å². The van der Waals surface area contributed by atoms with E-state index in [1.54, 1.807) is 12.0 Å². The van der Waals surface area contributed by atoms with Gasteiger partial charge in [0.05, 0.1) is 30.8 Å². The van der Waals surface area contributed by atoms with Crippen LogP contribution in [0.2, 0.25) is 0 Å². The zero-order valence-corrected chi connectivity index (χ0v) is 19.2. The molecule has 2 heterocycles. The average molecular weight is 451 g/mol. The van der Waals surface area contributed by atoms with Gasteiger partial charge in [-0.2, -0.15) is 5.10 Å². The van der Waals surface area contributed by atoms with Crippen molar-refractivity contribution in [3.8, 4) is 22.7 Å². The summed E-state index contributed by atoms with van der Waals surface area (Å²) in [6, 6.07) is 15.5. The third kappa shape index (κ3) is 4.58. The Morgan fingerprint density at radius 1 is 1.12 bits per heavy atom. The number of methoxy groups -OCH3 is 1. The van der Waals surface area contributed by atoms with Crippen molar-refractivity contribution in [1.29, 1.82) is 0 Å². The first-order valence-electron chi connectivity index (χ1n) is 11.1. The van der Waals surface area contributed by atoms with E-state index in [0.717, 1.165) is 39.5 Å². The van der Waals surface area contributed by atoms with E-state index < -0.39 is 6.03 Å². The average Bonchev–Trinajstić information content (AvgIpc) is 3.23. The van der Waals surface area contributed by atoms with Crippen molar-refractivity contribution >= 4 is 6.03 Å². The molecule has 0 bridgehead atoms. The molecule has 2 N–H and O–H groups in total. The van der Waals surface area contributed by atoms with Gasteiger partial charge in [-0.05, 0) is 44.0 Å². The van der Waals surface area contributed by atoms with Gasteiger partial charge >= 0.3 is 6.03 Å². The van der Waals surface area contributed by atoms with Crippen molar-refractivity contribution in [3.63, 3.8) is 0 Å². The predicted octanol–water partition coefficient (Wildman–Crippen LogP) is 3.97. The number of piperidine rings is 1. The lowest BCUT2D eigenvalue weighted by molar-refractivity contribution is -0.0357. The van der Waals surface area contributed by atoms with Crippen LogP contribution in [-0.2, 0) is 6.61 Å². The molecule has 1 fully saturated rings. The van der Waals surface area contributed by atoms with Crippen LogP contribution in [0.25, 0.3) is 16.9 Å². The van der Waals surface area contributed by atoms with Crippen molar-refractivity contribution in [2.24, 2.45) is 0 Å². The number of aromatic nitrogens is 2. The number of carbonyl (C=O) groups is 1. The highest BCUT2D eigenvalue weighted by atomic mass is 16.5. The Morgan fingerprint density at radius 2 is 1.76 bits per heavy atom. The van der Waals surface area contributed by atoms with Crippen molar-refractivity contribution < 1.29 is 19.8 Å². The van der Waals surface area contributed by atoms with Gasteiger partial charge in [-0.15, -0.1) is 0 Å². The quantitative estimate of drug-likeness (QED) is 0.453. The van der Waals surface area contributed by atoms with Gasteiger partial charge in [-0.1, -0.05) is 29.8 Å². The summed E-state index contributed by atoms with van der Waals surface area (Å²) in [5.41, 5.74) is 5.54. The number of amides is 2. The standard InChI is InChI=1S/C25H30N4O4/c1-17-4-6-19(7-5-17)24-22(16-30)23(18-12-14-28(15-13-18)25(31)27(2)32)26-29(24)20-8-10-21(33-3)11-9-20/h4-11,18,30,32H,12-16H2,1-3H3. The molecule has 1 saturated heterocycles. The van der Waals surface area contributed by atoms with E-state index in [9.17, 15) is 15.1 Å². The van der Waals surface area contributed by atoms with E-state index in [4.69, 9.17) is 9.84 Å². The second-order valence-electron chi connectivity index (χ2n) is 8.41. The first kappa shape index (κ1) is 22.8. The van der Waals surface area contributed by atoms with Crippen LogP contribution in [0.3, 0.4) is 0 Å². The maximum Gasteiger partial charge on any atom is 0.343 e. The van der Waals surface area contributed by atoms with Crippen molar-refractivity contribution in [2.45, 2.75) is 32.3 Å². The summed E-state index contributed by atoms with van der Waals surface area (Å²) in [5, 5.41) is 25.5. The van der Waals surface area contributed by atoms with Gasteiger partial charge in [0.2, 0.25) is 0 Å². The number of hydrogen-bond donors (Lipinski definition) is 2. The predicted molar refractivity (Wildman–Crippen MR) is 125 cm³/mol. The monoisotopic (exact) mass is 450 g/mol. The minimum Gasteiger partial charge on any atom is -0.497 e. The number of benzene rings is 2. The Labute approximate surface area is 193 Å². The number of nitrogens with zero attached hydrogens (tertiary/aromatic N) is 4. The Morgan fingerprint density at radius 3 is 2.30 bits per heavy atom. The second kappa shape index (κ2) is 9.64. The van der Waals surface area contributed by atoms with Crippen LogP contribution < -0.4 is 4.74 Å². The Balaban J connectivity index is 1.75. The van der Waals surface area contributed by atoms with Crippen LogP contribution in [0.1, 0.15) is 35.6 Å². The van der Waals surface area contributed by atoms with Crippen LogP contribution in [0, 0.1) is 6.92 Å². The van der Waals surface area contributed by atoms with Crippen molar-refractivity contribution in [2.75, 3.05) is 27.2 Å². The molecule has 8 nitrogen and oxygen atoms in total. The summed E-state index contributed by atoms with van der Waals surface area (Å²) in [7, 11) is 2.97. The molecule has 2 amide bonds. The third-order valence-electron chi connectivity index (χ3n) is 6.24. The van der Waals surface area contributed by atoms with Gasteiger partial charge in [-0.3, -0.25) is 5.21 Å². The molecule has 0 spiro atoms. The number of aryl methyl sites for hydroxylation is 1. The summed E-state index contributed by atoms with van der Waals surface area (Å²) in [6.45, 7) is 2.96. The molecular formula is C25H30N4O4. The number of carbonyl (C=O) groups excluding carboxylic acids is 1. The van der Waals surface area contributed by atoms with Crippen LogP contribution in [0.15, 0.2) is 48.5 Å². The molecule has 8 heteroatoms. The van der Waals surface area contributed by atoms with Crippen LogP contribution in [0.4, 0.5) is 4.79 Å². The zero-order chi connectivity index (χ0) is 23.5. The maximum atomic E-state index is 12.1. The first-order valence-corrected chi connectivity index (χ1v) is 11.1. The fourth-order valence-electron chi connectivity index (χ4n) is 4.42. The van der Waals surface area contributed by atoms with Crippen LogP contribution in [-0.4, -0.2) is 63.3 Å². The summed E-state index contributed by atoms with van der Waals surface area (Å²) in [6.07, 6.45) is 1.42. The molecule has 1 aromatic heterocycles. The van der Waals surface area contributed by atoms with E-state index >= 15 is 0 Å². The lowest BCUT2D eigenvalue weighted by Crippen LogP contribution is -2.43. The Bertz CT molecular complexity index is 1100. The second-order valence-corrected chi connectivity index (χ2v) is 8.41. The molecule has 33 heavy (non-hydrogen) atoms. The molecular weight excluding hydrogens is 420 g/mol. The largest absolute Gasteiger partial charge is 0.497 e. The molecule has 1 aliphatic heterocycles. The molecule has 0 radical (unpaired) electrons. The van der Waals surface area contributed by atoms with Crippen LogP contribution in [0.5, 0.6) is 5.75 Å². The van der Waals surface area contributed by atoms with Gasteiger partial charge in [0.25, 0.3) is 0 Å². The Hall–Kier alpha value is -3.36. The lowest BCUT2D eigenvalue weighted by Gasteiger charge is -2.32. The maximum absolute atomic E-state index is 12.1. The highest BCUT2D eigenvalue weighted by molar-refractivity contribution is 5.73. The third-order valence-corrected chi connectivity index (χ3v) is 6.24. The minimum absolute atomic E-state index is 0.101. The molecule has 1 aliphatic rings. The van der Waals surface area contributed by atoms with Crippen LogP contribution >= 0.6 is 0 Å². The van der Waals surface area contributed by atoms with Gasteiger partial charge in [-0.25, -0.2) is 14.5 Å². The van der Waals surface area contributed by atoms with E-state index in [1.165, 1.54) is 7.05 Å². The van der Waals surface area contributed by atoms with E-state index in [-0.39, 0.29) is 12.5 Å². The molecule has 4 rings (SSSR count). The zero-order valence-electron chi connectivity index (χ0n) is 19.2. The number of hydroxylamine groups is 2. The highest BCUT2D eigenvalue weighted by Crippen LogP contribution is 2.37. The number of urea groups is 1. The lowest BCUT2D eigenvalue weighted by atomic mass is 9.90. The number of ether oxygens (including phenoxy) is 1. The van der Waals surface area contributed by atoms with E-state index in [1.807, 2.05) is 48.0 Å². The molecule has 2 aromatic carbocycles. The first-order chi connectivity index (χ1) is 15.9. The van der Waals surface area contributed by atoms with Gasteiger partial charge in [0.1, 0.15) is 5.75 Å².